The number of piperidine rings is 1. The Morgan fingerprint density at radius 1 is 1.38 bits per heavy atom. The fourth-order valence-corrected chi connectivity index (χ4v) is 2.27. The summed E-state index contributed by atoms with van der Waals surface area (Å²) in [6, 6.07) is 0. The predicted octanol–water partition coefficient (Wildman–Crippen LogP) is -0.736. The quantitative estimate of drug-likeness (QED) is 0.597. The van der Waals surface area contributed by atoms with Crippen LogP contribution in [0.4, 0.5) is 0 Å². The predicted molar refractivity (Wildman–Crippen MR) is 58.2 cm³/mol. The van der Waals surface area contributed by atoms with Crippen LogP contribution in [0.3, 0.4) is 0 Å². The van der Waals surface area contributed by atoms with Crippen LogP contribution in [0.15, 0.2) is 0 Å². The zero-order chi connectivity index (χ0) is 11.5. The van der Waals surface area contributed by atoms with Crippen molar-refractivity contribution >= 4 is 0 Å². The lowest BCUT2D eigenvalue weighted by molar-refractivity contribution is -0.0669. The summed E-state index contributed by atoms with van der Waals surface area (Å²) in [4.78, 5) is 0. The molecule has 3 N–H and O–H groups in total. The Balaban J connectivity index is 1.73. The molecule has 5 heteroatoms. The summed E-state index contributed by atoms with van der Waals surface area (Å²) in [5.74, 6) is 0. The van der Waals surface area contributed by atoms with Crippen molar-refractivity contribution < 1.29 is 19.7 Å². The summed E-state index contributed by atoms with van der Waals surface area (Å²) in [7, 11) is 0. The first-order valence-corrected chi connectivity index (χ1v) is 6.02. The van der Waals surface area contributed by atoms with Gasteiger partial charge in [0.25, 0.3) is 0 Å². The lowest BCUT2D eigenvalue weighted by atomic mass is 10.1. The van der Waals surface area contributed by atoms with Gasteiger partial charge in [-0.15, -0.1) is 0 Å². The molecule has 0 radical (unpaired) electrons. The highest BCUT2D eigenvalue weighted by atomic mass is 16.6. The van der Waals surface area contributed by atoms with Crippen LogP contribution in [0.2, 0.25) is 0 Å². The van der Waals surface area contributed by atoms with Gasteiger partial charge in [-0.05, 0) is 26.3 Å². The molecule has 0 aromatic carbocycles. The number of nitrogens with one attached hydrogen (secondary N) is 1. The van der Waals surface area contributed by atoms with Crippen molar-refractivity contribution in [1.82, 2.24) is 5.32 Å². The minimum Gasteiger partial charge on any atom is -0.388 e. The summed E-state index contributed by atoms with van der Waals surface area (Å²) in [5, 5.41) is 22.5. The van der Waals surface area contributed by atoms with E-state index in [0.717, 1.165) is 25.9 Å². The van der Waals surface area contributed by atoms with Gasteiger partial charge in [0, 0.05) is 6.54 Å². The van der Waals surface area contributed by atoms with E-state index in [4.69, 9.17) is 9.47 Å². The van der Waals surface area contributed by atoms with Crippen molar-refractivity contribution in [3.63, 3.8) is 0 Å². The van der Waals surface area contributed by atoms with E-state index in [1.54, 1.807) is 6.92 Å². The van der Waals surface area contributed by atoms with Gasteiger partial charge in [-0.2, -0.15) is 0 Å². The van der Waals surface area contributed by atoms with E-state index in [0.29, 0.717) is 6.61 Å². The molecule has 2 fully saturated rings. The zero-order valence-electron chi connectivity index (χ0n) is 9.63. The van der Waals surface area contributed by atoms with Gasteiger partial charge in [0.2, 0.25) is 0 Å². The average molecular weight is 231 g/mol. The standard InChI is InChI=1S/C11H21NO4/c1-7-10(13)11(14)9(16-7)6-15-8-3-2-4-12-5-8/h7-14H,2-6H2,1H3. The van der Waals surface area contributed by atoms with Crippen molar-refractivity contribution in [3.8, 4) is 0 Å². The summed E-state index contributed by atoms with van der Waals surface area (Å²) in [5.41, 5.74) is 0. The Kier molecular flexibility index (Phi) is 4.16. The van der Waals surface area contributed by atoms with Crippen LogP contribution in [0.25, 0.3) is 0 Å². The highest BCUT2D eigenvalue weighted by Gasteiger charge is 2.40. The van der Waals surface area contributed by atoms with Gasteiger partial charge in [0.05, 0.1) is 18.8 Å². The normalized spacial score (nSPS) is 44.8. The van der Waals surface area contributed by atoms with E-state index >= 15 is 0 Å². The summed E-state index contributed by atoms with van der Waals surface area (Å²) < 4.78 is 11.1. The van der Waals surface area contributed by atoms with Crippen LogP contribution < -0.4 is 5.32 Å². The maximum atomic E-state index is 9.69. The highest BCUT2D eigenvalue weighted by Crippen LogP contribution is 2.21. The molecule has 0 aliphatic carbocycles. The molecule has 2 rings (SSSR count). The third-order valence-electron chi connectivity index (χ3n) is 3.35. The van der Waals surface area contributed by atoms with E-state index in [1.807, 2.05) is 0 Å². The third kappa shape index (κ3) is 2.73. The molecule has 0 aromatic rings. The first-order chi connectivity index (χ1) is 7.68. The molecule has 2 heterocycles. The van der Waals surface area contributed by atoms with Gasteiger partial charge in [-0.1, -0.05) is 0 Å². The van der Waals surface area contributed by atoms with E-state index in [2.05, 4.69) is 5.32 Å². The van der Waals surface area contributed by atoms with E-state index in [9.17, 15) is 10.2 Å². The van der Waals surface area contributed by atoms with Gasteiger partial charge in [-0.3, -0.25) is 0 Å². The Hall–Kier alpha value is -0.200. The molecule has 5 nitrogen and oxygen atoms in total. The van der Waals surface area contributed by atoms with Crippen LogP contribution in [0, 0.1) is 0 Å². The van der Waals surface area contributed by atoms with Crippen LogP contribution in [-0.2, 0) is 9.47 Å². The van der Waals surface area contributed by atoms with Gasteiger partial charge < -0.3 is 25.0 Å². The molecule has 0 bridgehead atoms. The smallest absolute Gasteiger partial charge is 0.111 e. The fourth-order valence-electron chi connectivity index (χ4n) is 2.27. The second kappa shape index (κ2) is 5.42. The monoisotopic (exact) mass is 231 g/mol. The number of aliphatic hydroxyl groups is 2. The molecule has 5 atom stereocenters. The van der Waals surface area contributed by atoms with Crippen LogP contribution in [-0.4, -0.2) is 60.4 Å². The second-order valence-electron chi connectivity index (χ2n) is 4.66. The molecule has 0 spiro atoms. The molecular weight excluding hydrogens is 210 g/mol. The van der Waals surface area contributed by atoms with Crippen molar-refractivity contribution in [1.29, 1.82) is 0 Å². The van der Waals surface area contributed by atoms with Crippen molar-refractivity contribution in [2.45, 2.75) is 50.3 Å². The maximum absolute atomic E-state index is 9.69. The summed E-state index contributed by atoms with van der Waals surface area (Å²) in [6.07, 6.45) is 0.0494. The molecule has 0 amide bonds. The number of rotatable bonds is 3. The fraction of sp³-hybridized carbons (Fsp3) is 1.00. The Bertz CT molecular complexity index is 220. The third-order valence-corrected chi connectivity index (χ3v) is 3.35. The minimum absolute atomic E-state index is 0.206. The summed E-state index contributed by atoms with van der Waals surface area (Å²) in [6.45, 7) is 4.03. The lowest BCUT2D eigenvalue weighted by Gasteiger charge is -2.25. The van der Waals surface area contributed by atoms with Crippen molar-refractivity contribution in [3.05, 3.63) is 0 Å². The number of aliphatic hydroxyl groups excluding tert-OH is 2. The number of hydrogen-bond donors (Lipinski definition) is 3. The van der Waals surface area contributed by atoms with Crippen LogP contribution >= 0.6 is 0 Å². The van der Waals surface area contributed by atoms with Gasteiger partial charge in [-0.25, -0.2) is 0 Å². The second-order valence-corrected chi connectivity index (χ2v) is 4.66. The van der Waals surface area contributed by atoms with Crippen LogP contribution in [0.5, 0.6) is 0 Å². The van der Waals surface area contributed by atoms with E-state index < -0.39 is 18.3 Å². The van der Waals surface area contributed by atoms with Crippen molar-refractivity contribution in [2.75, 3.05) is 19.7 Å². The Morgan fingerprint density at radius 2 is 2.19 bits per heavy atom. The minimum atomic E-state index is -0.827. The molecule has 94 valence electrons. The molecule has 5 unspecified atom stereocenters. The molecular formula is C11H21NO4. The average Bonchev–Trinajstić information content (AvgIpc) is 2.56. The zero-order valence-corrected chi connectivity index (χ0v) is 9.63. The Morgan fingerprint density at radius 3 is 2.75 bits per heavy atom. The SMILES string of the molecule is CC1OC(COC2CCCNC2)C(O)C1O. The summed E-state index contributed by atoms with van der Waals surface area (Å²) >= 11 is 0. The molecule has 2 saturated heterocycles. The maximum Gasteiger partial charge on any atom is 0.111 e. The Labute approximate surface area is 95.7 Å². The largest absolute Gasteiger partial charge is 0.388 e. The van der Waals surface area contributed by atoms with E-state index in [1.165, 1.54) is 0 Å². The van der Waals surface area contributed by atoms with E-state index in [-0.39, 0.29) is 12.2 Å². The first-order valence-electron chi connectivity index (χ1n) is 6.02. The topological polar surface area (TPSA) is 71.0 Å². The molecule has 0 aromatic heterocycles. The molecule has 16 heavy (non-hydrogen) atoms. The number of hydrogen-bond acceptors (Lipinski definition) is 5. The first kappa shape index (κ1) is 12.3. The molecule has 0 saturated carbocycles. The van der Waals surface area contributed by atoms with Gasteiger partial charge in [0.15, 0.2) is 0 Å². The van der Waals surface area contributed by atoms with Gasteiger partial charge in [0.1, 0.15) is 18.3 Å². The van der Waals surface area contributed by atoms with Crippen LogP contribution in [0.1, 0.15) is 19.8 Å². The lowest BCUT2D eigenvalue weighted by Crippen LogP contribution is -2.39. The molecule has 2 aliphatic heterocycles. The van der Waals surface area contributed by atoms with Crippen molar-refractivity contribution in [2.24, 2.45) is 0 Å². The number of ether oxygens (including phenoxy) is 2. The molecule has 2 aliphatic rings. The van der Waals surface area contributed by atoms with Gasteiger partial charge >= 0.3 is 0 Å². The highest BCUT2D eigenvalue weighted by molar-refractivity contribution is 4.88.